The van der Waals surface area contributed by atoms with Crippen molar-refractivity contribution in [3.8, 4) is 5.69 Å². The summed E-state index contributed by atoms with van der Waals surface area (Å²) in [6, 6.07) is 8.15. The number of thioether (sulfide) groups is 1. The van der Waals surface area contributed by atoms with E-state index in [0.29, 0.717) is 44.2 Å². The van der Waals surface area contributed by atoms with E-state index in [0.717, 1.165) is 16.7 Å². The van der Waals surface area contributed by atoms with Gasteiger partial charge in [0.15, 0.2) is 10.9 Å². The molecule has 0 aliphatic carbocycles. The van der Waals surface area contributed by atoms with E-state index in [4.69, 9.17) is 9.15 Å². The molecular weight excluding hydrogens is 442 g/mol. The third-order valence-corrected chi connectivity index (χ3v) is 6.50. The second kappa shape index (κ2) is 10.2. The number of carbonyl (C=O) groups is 2. The molecule has 1 aliphatic rings. The van der Waals surface area contributed by atoms with Crippen molar-refractivity contribution in [3.63, 3.8) is 0 Å². The molecule has 174 valence electrons. The van der Waals surface area contributed by atoms with Crippen LogP contribution in [0.1, 0.15) is 47.5 Å². The third kappa shape index (κ3) is 5.27. The molecule has 9 nitrogen and oxygen atoms in total. The predicted octanol–water partition coefficient (Wildman–Crippen LogP) is 3.58. The average molecular weight is 470 g/mol. The zero-order valence-corrected chi connectivity index (χ0v) is 19.8. The number of aryl methyl sites for hydroxylation is 2. The van der Waals surface area contributed by atoms with Crippen LogP contribution in [0.5, 0.6) is 0 Å². The molecule has 4 rings (SSSR count). The number of aromatic nitrogens is 4. The van der Waals surface area contributed by atoms with Crippen molar-refractivity contribution in [2.45, 2.75) is 44.5 Å². The lowest BCUT2D eigenvalue weighted by Crippen LogP contribution is -2.40. The fraction of sp³-hybridized carbons (Fsp3) is 0.435. The first-order valence-corrected chi connectivity index (χ1v) is 12.0. The minimum atomic E-state index is -0.184. The molecule has 0 N–H and O–H groups in total. The molecule has 1 fully saturated rings. The Morgan fingerprint density at radius 2 is 1.88 bits per heavy atom. The van der Waals surface area contributed by atoms with Gasteiger partial charge in [-0.1, -0.05) is 29.5 Å². The van der Waals surface area contributed by atoms with Gasteiger partial charge in [0.1, 0.15) is 12.1 Å². The first kappa shape index (κ1) is 23.0. The highest BCUT2D eigenvalue weighted by Gasteiger charge is 2.29. The number of hydrogen-bond donors (Lipinski definition) is 0. The Labute approximate surface area is 196 Å². The van der Waals surface area contributed by atoms with Gasteiger partial charge in [0, 0.05) is 18.8 Å². The topological polar surface area (TPSA) is 103 Å². The normalized spacial score (nSPS) is 14.5. The van der Waals surface area contributed by atoms with Crippen molar-refractivity contribution >= 4 is 23.6 Å². The van der Waals surface area contributed by atoms with Crippen molar-refractivity contribution in [1.82, 2.24) is 24.6 Å². The fourth-order valence-electron chi connectivity index (χ4n) is 3.77. The zero-order chi connectivity index (χ0) is 23.4. The summed E-state index contributed by atoms with van der Waals surface area (Å²) in [4.78, 5) is 30.8. The molecular formula is C23H27N5O4S. The highest BCUT2D eigenvalue weighted by atomic mass is 32.2. The molecule has 1 saturated heterocycles. The van der Waals surface area contributed by atoms with Crippen LogP contribution in [-0.2, 0) is 15.3 Å². The van der Waals surface area contributed by atoms with Crippen LogP contribution < -0.4 is 0 Å². The molecule has 3 aromatic rings. The van der Waals surface area contributed by atoms with Gasteiger partial charge < -0.3 is 14.1 Å². The van der Waals surface area contributed by atoms with Crippen LogP contribution in [0, 0.1) is 19.8 Å². The van der Waals surface area contributed by atoms with E-state index in [9.17, 15) is 9.59 Å². The molecule has 2 aromatic heterocycles. The fourth-order valence-corrected chi connectivity index (χ4v) is 4.62. The number of amides is 1. The van der Waals surface area contributed by atoms with Crippen molar-refractivity contribution in [1.29, 1.82) is 0 Å². The number of piperidine rings is 1. The Bertz CT molecular complexity index is 1120. The molecule has 10 heteroatoms. The summed E-state index contributed by atoms with van der Waals surface area (Å²) in [5.74, 6) is 1.14. The van der Waals surface area contributed by atoms with E-state index in [2.05, 4.69) is 15.2 Å². The minimum absolute atomic E-state index is 0.146. The largest absolute Gasteiger partial charge is 0.466 e. The number of oxazole rings is 1. The maximum absolute atomic E-state index is 12.8. The Kier molecular flexibility index (Phi) is 7.12. The Balaban J connectivity index is 1.36. The van der Waals surface area contributed by atoms with Gasteiger partial charge in [-0.25, -0.2) is 4.98 Å². The van der Waals surface area contributed by atoms with Gasteiger partial charge in [0.25, 0.3) is 5.91 Å². The lowest BCUT2D eigenvalue weighted by molar-refractivity contribution is -0.149. The number of rotatable bonds is 7. The quantitative estimate of drug-likeness (QED) is 0.382. The van der Waals surface area contributed by atoms with Crippen LogP contribution in [0.15, 0.2) is 40.1 Å². The number of carbonyl (C=O) groups excluding carboxylic acids is 2. The first-order chi connectivity index (χ1) is 16.0. The smallest absolute Gasteiger partial charge is 0.309 e. The molecule has 0 unspecified atom stereocenters. The molecule has 0 atom stereocenters. The average Bonchev–Trinajstić information content (AvgIpc) is 3.45. The van der Waals surface area contributed by atoms with E-state index in [1.165, 1.54) is 23.6 Å². The number of benzene rings is 1. The lowest BCUT2D eigenvalue weighted by Gasteiger charge is -2.30. The number of likely N-dealkylation sites (tertiary alicyclic amines) is 1. The molecule has 1 aliphatic heterocycles. The Morgan fingerprint density at radius 3 is 2.58 bits per heavy atom. The van der Waals surface area contributed by atoms with Gasteiger partial charge in [0.2, 0.25) is 5.89 Å². The summed E-state index contributed by atoms with van der Waals surface area (Å²) in [5, 5.41) is 9.20. The summed E-state index contributed by atoms with van der Waals surface area (Å²) in [6.07, 6.45) is 2.59. The number of ether oxygens (including phenoxy) is 1. The summed E-state index contributed by atoms with van der Waals surface area (Å²) in [5.41, 5.74) is 2.44. The standard InChI is InChI=1S/C23H27N5O4S/c1-4-31-22(30)17-9-11-27(12-10-17)21(29)19-13-32-20(24-19)14-33-23-26-25-16(3)28(23)18-7-5-15(2)6-8-18/h5-8,13,17H,4,9-12,14H2,1-3H3. The van der Waals surface area contributed by atoms with Crippen molar-refractivity contribution in [3.05, 3.63) is 53.5 Å². The van der Waals surface area contributed by atoms with Crippen LogP contribution in [0.2, 0.25) is 0 Å². The second-order valence-electron chi connectivity index (χ2n) is 7.93. The number of nitrogens with zero attached hydrogens (tertiary/aromatic N) is 5. The second-order valence-corrected chi connectivity index (χ2v) is 8.88. The molecule has 1 amide bonds. The summed E-state index contributed by atoms with van der Waals surface area (Å²) >= 11 is 1.45. The zero-order valence-electron chi connectivity index (χ0n) is 19.0. The molecule has 0 radical (unpaired) electrons. The molecule has 0 saturated carbocycles. The predicted molar refractivity (Wildman–Crippen MR) is 122 cm³/mol. The van der Waals surface area contributed by atoms with Crippen LogP contribution in [0.25, 0.3) is 5.69 Å². The molecule has 0 bridgehead atoms. The van der Waals surface area contributed by atoms with Crippen molar-refractivity contribution in [2.24, 2.45) is 5.92 Å². The molecule has 3 heterocycles. The van der Waals surface area contributed by atoms with Gasteiger partial charge in [0.05, 0.1) is 18.3 Å². The van der Waals surface area contributed by atoms with Gasteiger partial charge in [-0.05, 0) is 45.7 Å². The van der Waals surface area contributed by atoms with Gasteiger partial charge >= 0.3 is 5.97 Å². The maximum Gasteiger partial charge on any atom is 0.309 e. The highest BCUT2D eigenvalue weighted by molar-refractivity contribution is 7.98. The Hall–Kier alpha value is -3.14. The van der Waals surface area contributed by atoms with Crippen molar-refractivity contribution in [2.75, 3.05) is 19.7 Å². The Morgan fingerprint density at radius 1 is 1.15 bits per heavy atom. The van der Waals surface area contributed by atoms with Crippen LogP contribution in [0.4, 0.5) is 0 Å². The van der Waals surface area contributed by atoms with Crippen molar-refractivity contribution < 1.29 is 18.7 Å². The lowest BCUT2D eigenvalue weighted by atomic mass is 9.97. The molecule has 0 spiro atoms. The summed E-state index contributed by atoms with van der Waals surface area (Å²) < 4.78 is 12.6. The van der Waals surface area contributed by atoms with Gasteiger partial charge in [-0.2, -0.15) is 0 Å². The summed E-state index contributed by atoms with van der Waals surface area (Å²) in [6.45, 7) is 7.12. The van der Waals surface area contributed by atoms with E-state index in [1.54, 1.807) is 11.8 Å². The monoisotopic (exact) mass is 469 g/mol. The van der Waals surface area contributed by atoms with E-state index in [-0.39, 0.29) is 23.5 Å². The van der Waals surface area contributed by atoms with Crippen LogP contribution in [-0.4, -0.2) is 56.2 Å². The maximum atomic E-state index is 12.8. The SMILES string of the molecule is CCOC(=O)C1CCN(C(=O)c2coc(CSc3nnc(C)n3-c3ccc(C)cc3)n2)CC1. The third-order valence-electron chi connectivity index (χ3n) is 5.59. The van der Waals surface area contributed by atoms with Gasteiger partial charge in [-0.15, -0.1) is 10.2 Å². The minimum Gasteiger partial charge on any atom is -0.466 e. The number of esters is 1. The first-order valence-electron chi connectivity index (χ1n) is 11.0. The van der Waals surface area contributed by atoms with Gasteiger partial charge in [-0.3, -0.25) is 14.2 Å². The number of hydrogen-bond acceptors (Lipinski definition) is 8. The summed E-state index contributed by atoms with van der Waals surface area (Å²) in [7, 11) is 0. The highest BCUT2D eigenvalue weighted by Crippen LogP contribution is 2.26. The van der Waals surface area contributed by atoms with Crippen LogP contribution in [0.3, 0.4) is 0 Å². The van der Waals surface area contributed by atoms with E-state index < -0.39 is 0 Å². The van der Waals surface area contributed by atoms with E-state index in [1.807, 2.05) is 42.7 Å². The molecule has 1 aromatic carbocycles. The van der Waals surface area contributed by atoms with E-state index >= 15 is 0 Å². The molecule has 33 heavy (non-hydrogen) atoms. The van der Waals surface area contributed by atoms with Crippen LogP contribution >= 0.6 is 11.8 Å².